The number of hydrogen-bond donors (Lipinski definition) is 1. The van der Waals surface area contributed by atoms with E-state index in [1.807, 2.05) is 12.1 Å². The summed E-state index contributed by atoms with van der Waals surface area (Å²) in [6.07, 6.45) is -4.41. The predicted octanol–water partition coefficient (Wildman–Crippen LogP) is 5.74. The highest BCUT2D eigenvalue weighted by Gasteiger charge is 2.30. The van der Waals surface area contributed by atoms with E-state index in [-0.39, 0.29) is 5.75 Å². The molecule has 1 unspecified atom stereocenters. The molecule has 0 aromatic heterocycles. The molecule has 0 saturated heterocycles. The topological polar surface area (TPSA) is 62.1 Å². The van der Waals surface area contributed by atoms with Gasteiger partial charge in [-0.2, -0.15) is 18.4 Å². The Kier molecular flexibility index (Phi) is 5.84. The first kappa shape index (κ1) is 20.0. The van der Waals surface area contributed by atoms with Crippen molar-refractivity contribution in [2.45, 2.75) is 12.1 Å². The van der Waals surface area contributed by atoms with Gasteiger partial charge in [-0.1, -0.05) is 30.3 Å². The molecule has 0 spiro atoms. The zero-order chi connectivity index (χ0) is 20.9. The molecule has 29 heavy (non-hydrogen) atoms. The van der Waals surface area contributed by atoms with Crippen molar-refractivity contribution in [3.63, 3.8) is 0 Å². The summed E-state index contributed by atoms with van der Waals surface area (Å²) in [5.41, 5.74) is 0.294. The second-order valence-electron chi connectivity index (χ2n) is 6.11. The number of carbonyl (C=O) groups is 1. The number of anilines is 1. The van der Waals surface area contributed by atoms with E-state index in [2.05, 4.69) is 5.32 Å². The SMILES string of the molecule is N#CC(C(=O)Nc1ccccc1)c1ccc(Oc2ccc(C(F)(F)F)cc2)cc1. The Morgan fingerprint density at radius 2 is 1.45 bits per heavy atom. The first-order valence-corrected chi connectivity index (χ1v) is 8.57. The van der Waals surface area contributed by atoms with Crippen molar-refractivity contribution in [2.24, 2.45) is 0 Å². The van der Waals surface area contributed by atoms with Gasteiger partial charge in [0.15, 0.2) is 5.92 Å². The summed E-state index contributed by atoms with van der Waals surface area (Å²) >= 11 is 0. The van der Waals surface area contributed by atoms with E-state index in [1.54, 1.807) is 48.5 Å². The van der Waals surface area contributed by atoms with Gasteiger partial charge in [-0.3, -0.25) is 4.79 Å². The van der Waals surface area contributed by atoms with Crippen LogP contribution in [0, 0.1) is 11.3 Å². The molecule has 0 aliphatic heterocycles. The molecule has 1 N–H and O–H groups in total. The van der Waals surface area contributed by atoms with Crippen molar-refractivity contribution in [1.29, 1.82) is 5.26 Å². The largest absolute Gasteiger partial charge is 0.457 e. The summed E-state index contributed by atoms with van der Waals surface area (Å²) in [6.45, 7) is 0. The van der Waals surface area contributed by atoms with E-state index in [0.717, 1.165) is 12.1 Å². The van der Waals surface area contributed by atoms with Crippen molar-refractivity contribution < 1.29 is 22.7 Å². The summed E-state index contributed by atoms with van der Waals surface area (Å²) in [5.74, 6) is -0.872. The highest BCUT2D eigenvalue weighted by Crippen LogP contribution is 2.31. The Hall–Kier alpha value is -3.79. The van der Waals surface area contributed by atoms with Gasteiger partial charge in [-0.25, -0.2) is 0 Å². The van der Waals surface area contributed by atoms with Gasteiger partial charge < -0.3 is 10.1 Å². The van der Waals surface area contributed by atoms with Crippen molar-refractivity contribution in [3.8, 4) is 17.6 Å². The molecule has 1 atom stereocenters. The molecule has 3 aromatic rings. The second-order valence-corrected chi connectivity index (χ2v) is 6.11. The van der Waals surface area contributed by atoms with Crippen LogP contribution in [0.5, 0.6) is 11.5 Å². The lowest BCUT2D eigenvalue weighted by Gasteiger charge is -2.12. The number of hydrogen-bond acceptors (Lipinski definition) is 3. The van der Waals surface area contributed by atoms with Crippen LogP contribution in [-0.4, -0.2) is 5.91 Å². The Labute approximate surface area is 165 Å². The monoisotopic (exact) mass is 396 g/mol. The third-order valence-corrected chi connectivity index (χ3v) is 4.06. The van der Waals surface area contributed by atoms with Crippen LogP contribution in [0.1, 0.15) is 17.0 Å². The van der Waals surface area contributed by atoms with Crippen LogP contribution in [0.2, 0.25) is 0 Å². The van der Waals surface area contributed by atoms with E-state index >= 15 is 0 Å². The molecule has 7 heteroatoms. The van der Waals surface area contributed by atoms with E-state index < -0.39 is 23.6 Å². The number of nitrogens with zero attached hydrogens (tertiary/aromatic N) is 1. The maximum absolute atomic E-state index is 12.6. The van der Waals surface area contributed by atoms with Crippen LogP contribution in [0.15, 0.2) is 78.9 Å². The molecule has 1 amide bonds. The van der Waals surface area contributed by atoms with Gasteiger partial charge >= 0.3 is 6.18 Å². The van der Waals surface area contributed by atoms with Crippen molar-refractivity contribution in [3.05, 3.63) is 90.0 Å². The molecular weight excluding hydrogens is 381 g/mol. The number of amides is 1. The van der Waals surface area contributed by atoms with Crippen LogP contribution in [0.4, 0.5) is 18.9 Å². The summed E-state index contributed by atoms with van der Waals surface area (Å²) in [7, 11) is 0. The summed E-state index contributed by atoms with van der Waals surface area (Å²) in [5, 5.41) is 12.1. The van der Waals surface area contributed by atoms with Crippen LogP contribution in [0.25, 0.3) is 0 Å². The lowest BCUT2D eigenvalue weighted by Crippen LogP contribution is -2.19. The number of ether oxygens (including phenoxy) is 1. The maximum Gasteiger partial charge on any atom is 0.416 e. The Morgan fingerprint density at radius 1 is 0.897 bits per heavy atom. The van der Waals surface area contributed by atoms with Gasteiger partial charge in [-0.15, -0.1) is 0 Å². The van der Waals surface area contributed by atoms with Crippen molar-refractivity contribution in [1.82, 2.24) is 0 Å². The van der Waals surface area contributed by atoms with E-state index in [4.69, 9.17) is 4.74 Å². The minimum Gasteiger partial charge on any atom is -0.457 e. The summed E-state index contributed by atoms with van der Waals surface area (Å²) in [6, 6.07) is 21.3. The highest BCUT2D eigenvalue weighted by molar-refractivity contribution is 5.97. The predicted molar refractivity (Wildman–Crippen MR) is 101 cm³/mol. The van der Waals surface area contributed by atoms with Gasteiger partial charge in [-0.05, 0) is 54.1 Å². The fourth-order valence-corrected chi connectivity index (χ4v) is 2.60. The normalized spacial score (nSPS) is 11.9. The molecule has 0 fully saturated rings. The molecular formula is C22H15F3N2O2. The molecule has 146 valence electrons. The number of para-hydroxylation sites is 1. The lowest BCUT2D eigenvalue weighted by atomic mass is 9.99. The smallest absolute Gasteiger partial charge is 0.416 e. The molecule has 0 aliphatic rings. The van der Waals surface area contributed by atoms with Gasteiger partial charge in [0.1, 0.15) is 11.5 Å². The molecule has 4 nitrogen and oxygen atoms in total. The fourth-order valence-electron chi connectivity index (χ4n) is 2.60. The van der Waals surface area contributed by atoms with E-state index in [1.165, 1.54) is 12.1 Å². The van der Waals surface area contributed by atoms with Gasteiger partial charge in [0.2, 0.25) is 5.91 Å². The number of alkyl halides is 3. The Morgan fingerprint density at radius 3 is 1.97 bits per heavy atom. The van der Waals surface area contributed by atoms with E-state index in [0.29, 0.717) is 17.0 Å². The van der Waals surface area contributed by atoms with Crippen LogP contribution in [-0.2, 0) is 11.0 Å². The summed E-state index contributed by atoms with van der Waals surface area (Å²) in [4.78, 5) is 12.4. The van der Waals surface area contributed by atoms with E-state index in [9.17, 15) is 23.2 Å². The first-order valence-electron chi connectivity index (χ1n) is 8.57. The van der Waals surface area contributed by atoms with Gasteiger partial charge in [0.05, 0.1) is 11.6 Å². The zero-order valence-electron chi connectivity index (χ0n) is 15.0. The molecule has 3 aromatic carbocycles. The Bertz CT molecular complexity index is 1010. The molecule has 0 saturated carbocycles. The fraction of sp³-hybridized carbons (Fsp3) is 0.0909. The number of halogens is 3. The number of benzene rings is 3. The lowest BCUT2D eigenvalue weighted by molar-refractivity contribution is -0.137. The van der Waals surface area contributed by atoms with Gasteiger partial charge in [0, 0.05) is 5.69 Å². The highest BCUT2D eigenvalue weighted by atomic mass is 19.4. The first-order chi connectivity index (χ1) is 13.9. The quantitative estimate of drug-likeness (QED) is 0.598. The van der Waals surface area contributed by atoms with Crippen LogP contribution < -0.4 is 10.1 Å². The Balaban J connectivity index is 1.68. The summed E-state index contributed by atoms with van der Waals surface area (Å²) < 4.78 is 43.3. The van der Waals surface area contributed by atoms with Crippen molar-refractivity contribution in [2.75, 3.05) is 5.32 Å². The molecule has 0 heterocycles. The number of nitrogens with one attached hydrogen (secondary N) is 1. The third-order valence-electron chi connectivity index (χ3n) is 4.06. The third kappa shape index (κ3) is 5.14. The standard InChI is InChI=1S/C22H15F3N2O2/c23-22(24,25)16-8-12-19(13-9-16)29-18-10-6-15(7-11-18)20(14-26)21(28)27-17-4-2-1-3-5-17/h1-13,20H,(H,27,28). The van der Waals surface area contributed by atoms with Crippen LogP contribution >= 0.6 is 0 Å². The average Bonchev–Trinajstić information content (AvgIpc) is 2.70. The zero-order valence-corrected chi connectivity index (χ0v) is 15.0. The van der Waals surface area contributed by atoms with Crippen molar-refractivity contribution >= 4 is 11.6 Å². The molecule has 3 rings (SSSR count). The number of rotatable bonds is 5. The maximum atomic E-state index is 12.6. The minimum absolute atomic E-state index is 0.240. The van der Waals surface area contributed by atoms with Crippen LogP contribution in [0.3, 0.4) is 0 Å². The minimum atomic E-state index is -4.41. The second kappa shape index (κ2) is 8.48. The number of nitriles is 1. The molecule has 0 bridgehead atoms. The number of carbonyl (C=O) groups excluding carboxylic acids is 1. The molecule has 0 aliphatic carbocycles. The van der Waals surface area contributed by atoms with Gasteiger partial charge in [0.25, 0.3) is 0 Å². The molecule has 0 radical (unpaired) electrons. The average molecular weight is 396 g/mol.